The highest BCUT2D eigenvalue weighted by Gasteiger charge is 2.33. The summed E-state index contributed by atoms with van der Waals surface area (Å²) in [7, 11) is 0. The number of likely N-dealkylation sites (tertiary alicyclic amines) is 1. The van der Waals surface area contributed by atoms with Gasteiger partial charge in [0.1, 0.15) is 5.78 Å². The highest BCUT2D eigenvalue weighted by Crippen LogP contribution is 2.25. The summed E-state index contributed by atoms with van der Waals surface area (Å²) in [4.78, 5) is 13.8. The SMILES string of the molecule is CC(C)CCN1CCC(=O)CC1(C)C. The second kappa shape index (κ2) is 4.43. The van der Waals surface area contributed by atoms with E-state index < -0.39 is 0 Å². The predicted molar refractivity (Wildman–Crippen MR) is 59.3 cm³/mol. The van der Waals surface area contributed by atoms with Crippen LogP contribution < -0.4 is 0 Å². The molecule has 0 aromatic carbocycles. The molecule has 0 aromatic rings. The van der Waals surface area contributed by atoms with E-state index in [4.69, 9.17) is 0 Å². The van der Waals surface area contributed by atoms with Crippen LogP contribution in [-0.2, 0) is 4.79 Å². The fraction of sp³-hybridized carbons (Fsp3) is 0.917. The number of hydrogen-bond donors (Lipinski definition) is 0. The first-order chi connectivity index (χ1) is 6.42. The third-order valence-corrected chi connectivity index (χ3v) is 3.12. The number of hydrogen-bond acceptors (Lipinski definition) is 2. The van der Waals surface area contributed by atoms with Crippen molar-refractivity contribution >= 4 is 5.78 Å². The Bertz CT molecular complexity index is 208. The van der Waals surface area contributed by atoms with E-state index in [0.717, 1.165) is 31.8 Å². The van der Waals surface area contributed by atoms with Crippen LogP contribution in [-0.4, -0.2) is 29.3 Å². The van der Waals surface area contributed by atoms with Crippen molar-refractivity contribution in [2.45, 2.75) is 52.5 Å². The molecule has 0 spiro atoms. The van der Waals surface area contributed by atoms with Gasteiger partial charge < -0.3 is 0 Å². The third-order valence-electron chi connectivity index (χ3n) is 3.12. The van der Waals surface area contributed by atoms with Gasteiger partial charge in [0.2, 0.25) is 0 Å². The maximum Gasteiger partial charge on any atom is 0.136 e. The Kier molecular flexibility index (Phi) is 3.71. The average molecular weight is 197 g/mol. The van der Waals surface area contributed by atoms with E-state index in [1.807, 2.05) is 0 Å². The molecule has 0 amide bonds. The van der Waals surface area contributed by atoms with Gasteiger partial charge in [-0.2, -0.15) is 0 Å². The molecule has 1 aliphatic heterocycles. The number of piperidine rings is 1. The van der Waals surface area contributed by atoms with Crippen LogP contribution >= 0.6 is 0 Å². The normalized spacial score (nSPS) is 23.1. The highest BCUT2D eigenvalue weighted by atomic mass is 16.1. The van der Waals surface area contributed by atoms with E-state index in [2.05, 4.69) is 32.6 Å². The summed E-state index contributed by atoms with van der Waals surface area (Å²) in [6.07, 6.45) is 2.71. The van der Waals surface area contributed by atoms with Gasteiger partial charge >= 0.3 is 0 Å². The number of carbonyl (C=O) groups is 1. The van der Waals surface area contributed by atoms with Crippen LogP contribution in [0.1, 0.15) is 47.0 Å². The molecule has 2 nitrogen and oxygen atoms in total. The molecule has 0 aromatic heterocycles. The summed E-state index contributed by atoms with van der Waals surface area (Å²) in [5.74, 6) is 1.18. The van der Waals surface area contributed by atoms with Crippen LogP contribution in [0.2, 0.25) is 0 Å². The first-order valence-electron chi connectivity index (χ1n) is 5.68. The molecule has 0 aliphatic carbocycles. The molecule has 1 fully saturated rings. The van der Waals surface area contributed by atoms with Gasteiger partial charge in [-0.1, -0.05) is 13.8 Å². The molecule has 2 heteroatoms. The van der Waals surface area contributed by atoms with E-state index in [1.54, 1.807) is 0 Å². The maximum atomic E-state index is 11.3. The number of Topliss-reactive ketones (excluding diaryl/α,β-unsaturated/α-hetero) is 1. The topological polar surface area (TPSA) is 20.3 Å². The van der Waals surface area contributed by atoms with Gasteiger partial charge in [-0.15, -0.1) is 0 Å². The van der Waals surface area contributed by atoms with Gasteiger partial charge in [0.05, 0.1) is 0 Å². The predicted octanol–water partition coefficient (Wildman–Crippen LogP) is 2.48. The molecule has 0 saturated carbocycles. The summed E-state index contributed by atoms with van der Waals surface area (Å²) in [6, 6.07) is 0. The Morgan fingerprint density at radius 1 is 1.43 bits per heavy atom. The fourth-order valence-corrected chi connectivity index (χ4v) is 2.07. The van der Waals surface area contributed by atoms with Crippen molar-refractivity contribution in [1.29, 1.82) is 0 Å². The maximum absolute atomic E-state index is 11.3. The molecule has 14 heavy (non-hydrogen) atoms. The van der Waals surface area contributed by atoms with Crippen molar-refractivity contribution in [3.8, 4) is 0 Å². The Hall–Kier alpha value is -0.370. The molecule has 0 N–H and O–H groups in total. The summed E-state index contributed by atoms with van der Waals surface area (Å²) in [6.45, 7) is 11.0. The molecule has 1 saturated heterocycles. The molecule has 0 bridgehead atoms. The zero-order chi connectivity index (χ0) is 10.8. The van der Waals surface area contributed by atoms with Crippen LogP contribution in [0.25, 0.3) is 0 Å². The van der Waals surface area contributed by atoms with Crippen LogP contribution in [0, 0.1) is 5.92 Å². The molecule has 0 atom stereocenters. The molecule has 1 aliphatic rings. The lowest BCUT2D eigenvalue weighted by Gasteiger charge is -2.42. The first kappa shape index (κ1) is 11.7. The third kappa shape index (κ3) is 3.09. The summed E-state index contributed by atoms with van der Waals surface area (Å²) >= 11 is 0. The summed E-state index contributed by atoms with van der Waals surface area (Å²) < 4.78 is 0. The van der Waals surface area contributed by atoms with Gasteiger partial charge in [-0.25, -0.2) is 0 Å². The second-order valence-corrected chi connectivity index (χ2v) is 5.45. The van der Waals surface area contributed by atoms with Crippen LogP contribution in [0.5, 0.6) is 0 Å². The zero-order valence-corrected chi connectivity index (χ0v) is 9.97. The summed E-state index contributed by atoms with van der Waals surface area (Å²) in [5.41, 5.74) is 0.0875. The Morgan fingerprint density at radius 3 is 2.57 bits per heavy atom. The Balaban J connectivity index is 2.47. The van der Waals surface area contributed by atoms with Gasteiger partial charge in [-0.05, 0) is 32.7 Å². The quantitative estimate of drug-likeness (QED) is 0.692. The lowest BCUT2D eigenvalue weighted by molar-refractivity contribution is -0.125. The van der Waals surface area contributed by atoms with E-state index in [9.17, 15) is 4.79 Å². The largest absolute Gasteiger partial charge is 0.300 e. The lowest BCUT2D eigenvalue weighted by Crippen LogP contribution is -2.50. The van der Waals surface area contributed by atoms with Gasteiger partial charge in [0.25, 0.3) is 0 Å². The molecule has 0 radical (unpaired) electrons. The van der Waals surface area contributed by atoms with Gasteiger partial charge in [-0.3, -0.25) is 9.69 Å². The van der Waals surface area contributed by atoms with Crippen molar-refractivity contribution in [3.63, 3.8) is 0 Å². The second-order valence-electron chi connectivity index (χ2n) is 5.45. The smallest absolute Gasteiger partial charge is 0.136 e. The van der Waals surface area contributed by atoms with Crippen molar-refractivity contribution in [2.24, 2.45) is 5.92 Å². The summed E-state index contributed by atoms with van der Waals surface area (Å²) in [5, 5.41) is 0. The number of carbonyl (C=O) groups excluding carboxylic acids is 1. The highest BCUT2D eigenvalue weighted by molar-refractivity contribution is 5.80. The number of ketones is 1. The molecule has 1 rings (SSSR count). The van der Waals surface area contributed by atoms with Gasteiger partial charge in [0, 0.05) is 24.9 Å². The standard InChI is InChI=1S/C12H23NO/c1-10(2)5-7-13-8-6-11(14)9-12(13,3)4/h10H,5-9H2,1-4H3. The van der Waals surface area contributed by atoms with Crippen molar-refractivity contribution in [3.05, 3.63) is 0 Å². The van der Waals surface area contributed by atoms with E-state index in [0.29, 0.717) is 5.78 Å². The lowest BCUT2D eigenvalue weighted by atomic mass is 9.89. The van der Waals surface area contributed by atoms with Crippen LogP contribution in [0.4, 0.5) is 0 Å². The van der Waals surface area contributed by atoms with E-state index in [1.165, 1.54) is 6.42 Å². The zero-order valence-electron chi connectivity index (χ0n) is 9.97. The van der Waals surface area contributed by atoms with E-state index in [-0.39, 0.29) is 5.54 Å². The molecule has 1 heterocycles. The molecule has 82 valence electrons. The van der Waals surface area contributed by atoms with Crippen molar-refractivity contribution < 1.29 is 4.79 Å². The first-order valence-corrected chi connectivity index (χ1v) is 5.68. The minimum absolute atomic E-state index is 0.0875. The van der Waals surface area contributed by atoms with E-state index >= 15 is 0 Å². The minimum atomic E-state index is 0.0875. The Morgan fingerprint density at radius 2 is 2.07 bits per heavy atom. The van der Waals surface area contributed by atoms with Gasteiger partial charge in [0.15, 0.2) is 0 Å². The van der Waals surface area contributed by atoms with Crippen LogP contribution in [0.3, 0.4) is 0 Å². The molecular weight excluding hydrogens is 174 g/mol. The minimum Gasteiger partial charge on any atom is -0.300 e. The number of nitrogens with zero attached hydrogens (tertiary/aromatic N) is 1. The fourth-order valence-electron chi connectivity index (χ4n) is 2.07. The molecular formula is C12H23NO. The molecule has 0 unspecified atom stereocenters. The van der Waals surface area contributed by atoms with Crippen LogP contribution in [0.15, 0.2) is 0 Å². The number of rotatable bonds is 3. The monoisotopic (exact) mass is 197 g/mol. The Labute approximate surface area is 87.7 Å². The van der Waals surface area contributed by atoms with Crippen molar-refractivity contribution in [1.82, 2.24) is 4.90 Å². The van der Waals surface area contributed by atoms with Crippen molar-refractivity contribution in [2.75, 3.05) is 13.1 Å². The average Bonchev–Trinajstić information content (AvgIpc) is 2.00.